The number of hydrazone groups is 1. The number of carbonyl (C=O) groups is 1. The van der Waals surface area contributed by atoms with E-state index >= 15 is 0 Å². The Bertz CT molecular complexity index is 1520. The Morgan fingerprint density at radius 1 is 0.778 bits per heavy atom. The summed E-state index contributed by atoms with van der Waals surface area (Å²) in [6.07, 6.45) is 8.28. The van der Waals surface area contributed by atoms with Crippen LogP contribution in [-0.4, -0.2) is 21.6 Å². The molecule has 0 fully saturated rings. The number of halogens is 2. The van der Waals surface area contributed by atoms with Crippen molar-refractivity contribution in [3.8, 4) is 0 Å². The van der Waals surface area contributed by atoms with Crippen molar-refractivity contribution in [2.75, 3.05) is 0 Å². The summed E-state index contributed by atoms with van der Waals surface area (Å²) in [6.45, 7) is 2.00. The second-order valence-corrected chi connectivity index (χ2v) is 9.48. The molecule has 0 saturated heterocycles. The van der Waals surface area contributed by atoms with Gasteiger partial charge in [-0.15, -0.1) is 0 Å². The van der Waals surface area contributed by atoms with E-state index in [1.165, 1.54) is 0 Å². The average Bonchev–Trinajstić information content (AvgIpc) is 2.87. The summed E-state index contributed by atoms with van der Waals surface area (Å²) >= 11 is 12.0. The van der Waals surface area contributed by atoms with E-state index in [0.29, 0.717) is 16.5 Å². The van der Waals surface area contributed by atoms with Crippen LogP contribution in [0.1, 0.15) is 41.4 Å². The molecule has 5 nitrogen and oxygen atoms in total. The van der Waals surface area contributed by atoms with Crippen molar-refractivity contribution in [3.05, 3.63) is 105 Å². The predicted molar refractivity (Wildman–Crippen MR) is 149 cm³/mol. The molecule has 5 rings (SSSR count). The van der Waals surface area contributed by atoms with Gasteiger partial charge in [-0.2, -0.15) is 5.10 Å². The van der Waals surface area contributed by atoms with E-state index in [1.54, 1.807) is 0 Å². The number of benzene rings is 3. The summed E-state index contributed by atoms with van der Waals surface area (Å²) < 4.78 is 0. The van der Waals surface area contributed by atoms with E-state index in [0.717, 1.165) is 44.8 Å². The standard InChI is InChI=1S/C29H22Cl2N4O/c1-18-16-28(36)34-35-29(18)21-8-15-26-27(17-21)33-25(14-7-20-4-11-23(31)12-5-20)24(32-26)13-6-19-2-9-22(30)10-3-19/h2-15,17-18H,16H2,1H3,(H,34,36). The first-order valence-electron chi connectivity index (χ1n) is 11.5. The van der Waals surface area contributed by atoms with Gasteiger partial charge in [0.15, 0.2) is 0 Å². The first-order valence-corrected chi connectivity index (χ1v) is 12.3. The molecule has 7 heteroatoms. The minimum Gasteiger partial charge on any atom is -0.273 e. The molecule has 0 spiro atoms. The molecule has 3 aromatic carbocycles. The van der Waals surface area contributed by atoms with E-state index in [2.05, 4.69) is 10.5 Å². The molecule has 0 saturated carbocycles. The number of fused-ring (bicyclic) bond motifs is 1. The first kappa shape index (κ1) is 23.9. The van der Waals surface area contributed by atoms with Crippen molar-refractivity contribution >= 4 is 70.2 Å². The fraction of sp³-hybridized carbons (Fsp3) is 0.103. The van der Waals surface area contributed by atoms with Gasteiger partial charge in [0.25, 0.3) is 0 Å². The zero-order valence-corrected chi connectivity index (χ0v) is 21.0. The van der Waals surface area contributed by atoms with Crippen molar-refractivity contribution in [2.24, 2.45) is 11.0 Å². The molecule has 178 valence electrons. The van der Waals surface area contributed by atoms with Crippen LogP contribution in [0.25, 0.3) is 35.3 Å². The van der Waals surface area contributed by atoms with Crippen molar-refractivity contribution in [2.45, 2.75) is 13.3 Å². The lowest BCUT2D eigenvalue weighted by Gasteiger charge is -2.19. The van der Waals surface area contributed by atoms with E-state index in [4.69, 9.17) is 33.2 Å². The average molecular weight is 513 g/mol. The maximum Gasteiger partial charge on any atom is 0.240 e. The molecule has 1 aromatic heterocycles. The van der Waals surface area contributed by atoms with E-state index in [9.17, 15) is 4.79 Å². The summed E-state index contributed by atoms with van der Waals surface area (Å²) in [6, 6.07) is 21.1. The molecule has 1 unspecified atom stereocenters. The van der Waals surface area contributed by atoms with Gasteiger partial charge < -0.3 is 0 Å². The van der Waals surface area contributed by atoms with Crippen LogP contribution in [0.5, 0.6) is 0 Å². The number of rotatable bonds is 5. The molecule has 1 amide bonds. The van der Waals surface area contributed by atoms with Crippen LogP contribution in [-0.2, 0) is 4.79 Å². The monoisotopic (exact) mass is 512 g/mol. The number of hydrogen-bond acceptors (Lipinski definition) is 4. The normalized spacial score (nSPS) is 16.0. The van der Waals surface area contributed by atoms with Gasteiger partial charge in [-0.3, -0.25) is 4.79 Å². The molecular weight excluding hydrogens is 491 g/mol. The summed E-state index contributed by atoms with van der Waals surface area (Å²) in [4.78, 5) is 21.5. The Morgan fingerprint density at radius 2 is 1.33 bits per heavy atom. The number of carbonyl (C=O) groups excluding carboxylic acids is 1. The SMILES string of the molecule is CC1CC(=O)NN=C1c1ccc2nc(C=Cc3ccc(Cl)cc3)c(C=Cc3ccc(Cl)cc3)nc2c1. The molecule has 4 aromatic rings. The number of aromatic nitrogens is 2. The number of amides is 1. The summed E-state index contributed by atoms with van der Waals surface area (Å²) in [7, 11) is 0. The lowest BCUT2D eigenvalue weighted by atomic mass is 9.94. The smallest absolute Gasteiger partial charge is 0.240 e. The van der Waals surface area contributed by atoms with Crippen molar-refractivity contribution in [1.82, 2.24) is 15.4 Å². The van der Waals surface area contributed by atoms with E-state index in [1.807, 2.05) is 98.0 Å². The van der Waals surface area contributed by atoms with Crippen LogP contribution < -0.4 is 5.43 Å². The Balaban J connectivity index is 1.56. The minimum absolute atomic E-state index is 0.0232. The Hall–Kier alpha value is -3.80. The van der Waals surface area contributed by atoms with E-state index < -0.39 is 0 Å². The van der Waals surface area contributed by atoms with Gasteiger partial charge in [0.1, 0.15) is 0 Å². The highest BCUT2D eigenvalue weighted by Gasteiger charge is 2.22. The van der Waals surface area contributed by atoms with Crippen molar-refractivity contribution in [3.63, 3.8) is 0 Å². The number of nitrogens with one attached hydrogen (secondary N) is 1. The molecule has 0 radical (unpaired) electrons. The molecular formula is C29H22Cl2N4O. The van der Waals surface area contributed by atoms with Crippen LogP contribution in [0.15, 0.2) is 71.8 Å². The fourth-order valence-electron chi connectivity index (χ4n) is 3.99. The topological polar surface area (TPSA) is 67.2 Å². The second kappa shape index (κ2) is 10.4. The maximum absolute atomic E-state index is 11.7. The van der Waals surface area contributed by atoms with Crippen LogP contribution >= 0.6 is 23.2 Å². The van der Waals surface area contributed by atoms with E-state index in [-0.39, 0.29) is 11.8 Å². The molecule has 1 aliphatic rings. The number of nitrogens with zero attached hydrogens (tertiary/aromatic N) is 3. The molecule has 0 bridgehead atoms. The third-order valence-electron chi connectivity index (χ3n) is 5.88. The van der Waals surface area contributed by atoms with Gasteiger partial charge in [-0.1, -0.05) is 72.6 Å². The second-order valence-electron chi connectivity index (χ2n) is 8.60. The lowest BCUT2D eigenvalue weighted by Crippen LogP contribution is -2.31. The summed E-state index contributed by atoms with van der Waals surface area (Å²) in [5.41, 5.74) is 9.34. The van der Waals surface area contributed by atoms with Gasteiger partial charge in [-0.05, 0) is 59.7 Å². The van der Waals surface area contributed by atoms with Gasteiger partial charge in [0.05, 0.1) is 28.1 Å². The minimum atomic E-state index is -0.0708. The van der Waals surface area contributed by atoms with Gasteiger partial charge in [0.2, 0.25) is 5.91 Å². The zero-order chi connectivity index (χ0) is 25.1. The highest BCUT2D eigenvalue weighted by atomic mass is 35.5. The molecule has 0 aliphatic carbocycles. The van der Waals surface area contributed by atoms with Gasteiger partial charge >= 0.3 is 0 Å². The van der Waals surface area contributed by atoms with Crippen LogP contribution in [0.2, 0.25) is 10.0 Å². The number of hydrogen-bond donors (Lipinski definition) is 1. The molecule has 2 heterocycles. The molecule has 1 atom stereocenters. The third kappa shape index (κ3) is 5.54. The Labute approximate surface area is 219 Å². The van der Waals surface area contributed by atoms with Gasteiger partial charge in [0, 0.05) is 27.9 Å². The van der Waals surface area contributed by atoms with Crippen molar-refractivity contribution < 1.29 is 4.79 Å². The predicted octanol–water partition coefficient (Wildman–Crippen LogP) is 7.14. The van der Waals surface area contributed by atoms with Gasteiger partial charge in [-0.25, -0.2) is 15.4 Å². The lowest BCUT2D eigenvalue weighted by molar-refractivity contribution is -0.121. The zero-order valence-electron chi connectivity index (χ0n) is 19.5. The summed E-state index contributed by atoms with van der Waals surface area (Å²) in [5, 5.41) is 5.66. The largest absolute Gasteiger partial charge is 0.273 e. The maximum atomic E-state index is 11.7. The molecule has 1 N–H and O–H groups in total. The summed E-state index contributed by atoms with van der Waals surface area (Å²) in [5.74, 6) is -0.0476. The van der Waals surface area contributed by atoms with Crippen molar-refractivity contribution in [1.29, 1.82) is 0 Å². The quantitative estimate of drug-likeness (QED) is 0.309. The van der Waals surface area contributed by atoms with Crippen LogP contribution in [0, 0.1) is 5.92 Å². The molecule has 1 aliphatic heterocycles. The first-order chi connectivity index (χ1) is 17.4. The molecule has 36 heavy (non-hydrogen) atoms. The third-order valence-corrected chi connectivity index (χ3v) is 6.39. The van der Waals surface area contributed by atoms with Crippen LogP contribution in [0.4, 0.5) is 0 Å². The fourth-order valence-corrected chi connectivity index (χ4v) is 4.24. The highest BCUT2D eigenvalue weighted by molar-refractivity contribution is 6.30. The Kier molecular flexibility index (Phi) is 6.94. The highest BCUT2D eigenvalue weighted by Crippen LogP contribution is 2.23. The Morgan fingerprint density at radius 3 is 1.89 bits per heavy atom. The van der Waals surface area contributed by atoms with Crippen LogP contribution in [0.3, 0.4) is 0 Å².